The molecule has 182 valence electrons. The Hall–Kier alpha value is -3.76. The molecule has 11 heteroatoms. The van der Waals surface area contributed by atoms with Crippen molar-refractivity contribution < 1.29 is 14.5 Å². The van der Waals surface area contributed by atoms with Crippen LogP contribution in [0.4, 0.5) is 10.8 Å². The molecule has 0 bridgehead atoms. The van der Waals surface area contributed by atoms with Gasteiger partial charge in [-0.2, -0.15) is 0 Å². The molecule has 0 radical (unpaired) electrons. The third-order valence-corrected chi connectivity index (χ3v) is 6.07. The number of rotatable bonds is 10. The van der Waals surface area contributed by atoms with Gasteiger partial charge in [-0.25, -0.2) is 9.97 Å². The van der Waals surface area contributed by atoms with Crippen molar-refractivity contribution in [1.82, 2.24) is 14.5 Å². The van der Waals surface area contributed by atoms with E-state index >= 15 is 0 Å². The Bertz CT molecular complexity index is 1320. The second-order valence-corrected chi connectivity index (χ2v) is 8.37. The molecule has 0 saturated carbocycles. The number of hydrogen-bond donors (Lipinski definition) is 0. The molecule has 0 unspecified atom stereocenters. The average Bonchev–Trinajstić information content (AvgIpc) is 3.51. The molecule has 35 heavy (non-hydrogen) atoms. The predicted molar refractivity (Wildman–Crippen MR) is 139 cm³/mol. The summed E-state index contributed by atoms with van der Waals surface area (Å²) < 4.78 is 8.58. The number of carbonyl (C=O) groups is 1. The minimum Gasteiger partial charge on any atom is -0.492 e. The third kappa shape index (κ3) is 6.43. The molecule has 2 aromatic heterocycles. The van der Waals surface area contributed by atoms with Crippen LogP contribution in [0, 0.1) is 10.1 Å². The lowest BCUT2D eigenvalue weighted by atomic mass is 10.2. The van der Waals surface area contributed by atoms with Crippen LogP contribution in [0.5, 0.6) is 5.75 Å². The SMILES string of the molecule is CCOc1cccc2sc(N(CCCn3ccnc3)C(=O)/C=C/c3cccc([N+](=O)[O-])c3)nc12.Cl. The number of aryl methyl sites for hydroxylation is 1. The molecule has 0 fully saturated rings. The lowest BCUT2D eigenvalue weighted by Crippen LogP contribution is -2.30. The van der Waals surface area contributed by atoms with Crippen molar-refractivity contribution in [3.63, 3.8) is 0 Å². The van der Waals surface area contributed by atoms with Gasteiger partial charge in [-0.3, -0.25) is 19.8 Å². The Labute approximate surface area is 212 Å². The highest BCUT2D eigenvalue weighted by Crippen LogP contribution is 2.34. The van der Waals surface area contributed by atoms with E-state index in [1.807, 2.05) is 35.9 Å². The Balaban J connectivity index is 0.00000342. The van der Waals surface area contributed by atoms with Crippen LogP contribution in [0.3, 0.4) is 0 Å². The van der Waals surface area contributed by atoms with E-state index in [1.54, 1.807) is 35.6 Å². The molecule has 0 N–H and O–H groups in total. The second kappa shape index (κ2) is 12.1. The molecule has 0 spiro atoms. The number of para-hydroxylation sites is 1. The maximum absolute atomic E-state index is 13.2. The summed E-state index contributed by atoms with van der Waals surface area (Å²) >= 11 is 1.42. The summed E-state index contributed by atoms with van der Waals surface area (Å²) in [7, 11) is 0. The van der Waals surface area contributed by atoms with Crippen LogP contribution in [0.1, 0.15) is 18.9 Å². The summed E-state index contributed by atoms with van der Waals surface area (Å²) in [4.78, 5) is 34.2. The highest BCUT2D eigenvalue weighted by atomic mass is 35.5. The second-order valence-electron chi connectivity index (χ2n) is 7.36. The van der Waals surface area contributed by atoms with Crippen LogP contribution in [-0.4, -0.2) is 38.5 Å². The molecular weight excluding hydrogens is 490 g/mol. The zero-order valence-corrected chi connectivity index (χ0v) is 20.6. The minimum atomic E-state index is -0.460. The van der Waals surface area contributed by atoms with E-state index in [2.05, 4.69) is 4.98 Å². The van der Waals surface area contributed by atoms with Gasteiger partial charge in [-0.05, 0) is 37.1 Å². The van der Waals surface area contributed by atoms with E-state index in [1.165, 1.54) is 29.5 Å². The minimum absolute atomic E-state index is 0. The summed E-state index contributed by atoms with van der Waals surface area (Å²) in [5, 5.41) is 11.6. The van der Waals surface area contributed by atoms with E-state index in [0.717, 1.165) is 10.2 Å². The number of ether oxygens (including phenoxy) is 1. The number of halogens is 1. The first kappa shape index (κ1) is 25.9. The van der Waals surface area contributed by atoms with Crippen LogP contribution < -0.4 is 9.64 Å². The fraction of sp³-hybridized carbons (Fsp3) is 0.208. The van der Waals surface area contributed by atoms with Gasteiger partial charge in [-0.15, -0.1) is 12.4 Å². The van der Waals surface area contributed by atoms with Gasteiger partial charge < -0.3 is 9.30 Å². The van der Waals surface area contributed by atoms with Crippen LogP contribution in [-0.2, 0) is 11.3 Å². The maximum Gasteiger partial charge on any atom is 0.270 e. The van der Waals surface area contributed by atoms with Crippen molar-refractivity contribution in [2.75, 3.05) is 18.1 Å². The van der Waals surface area contributed by atoms with E-state index in [9.17, 15) is 14.9 Å². The zero-order chi connectivity index (χ0) is 23.9. The van der Waals surface area contributed by atoms with Crippen molar-refractivity contribution in [2.45, 2.75) is 19.9 Å². The maximum atomic E-state index is 13.2. The van der Waals surface area contributed by atoms with E-state index in [-0.39, 0.29) is 24.0 Å². The van der Waals surface area contributed by atoms with E-state index < -0.39 is 4.92 Å². The summed E-state index contributed by atoms with van der Waals surface area (Å²) in [5.41, 5.74) is 1.27. The number of nitro benzene ring substituents is 1. The lowest BCUT2D eigenvalue weighted by Gasteiger charge is -2.18. The number of nitrogens with zero attached hydrogens (tertiary/aromatic N) is 5. The van der Waals surface area contributed by atoms with Crippen LogP contribution >= 0.6 is 23.7 Å². The first-order chi connectivity index (χ1) is 16.5. The standard InChI is InChI=1S/C24H23N5O4S.ClH/c1-2-33-20-8-4-9-21-23(20)26-24(34-21)28(14-5-13-27-15-12-25-17-27)22(30)11-10-18-6-3-7-19(16-18)29(31)32;/h3-4,6-12,15-17H,2,5,13-14H2,1H3;1H/b11-10+;. The number of carbonyl (C=O) groups excluding carboxylic acids is 1. The normalized spacial score (nSPS) is 10.9. The van der Waals surface area contributed by atoms with Gasteiger partial charge in [-0.1, -0.05) is 29.5 Å². The number of fused-ring (bicyclic) bond motifs is 1. The molecule has 1 amide bonds. The third-order valence-electron chi connectivity index (χ3n) is 5.02. The van der Waals surface area contributed by atoms with Crippen molar-refractivity contribution in [3.8, 4) is 5.75 Å². The Kier molecular flexibility index (Phi) is 8.93. The predicted octanol–water partition coefficient (Wildman–Crippen LogP) is 5.36. The number of benzene rings is 2. The molecule has 4 rings (SSSR count). The van der Waals surface area contributed by atoms with Crippen molar-refractivity contribution in [2.24, 2.45) is 0 Å². The van der Waals surface area contributed by atoms with Crippen molar-refractivity contribution in [3.05, 3.63) is 82.9 Å². The average molecular weight is 514 g/mol. The number of imidazole rings is 1. The molecule has 0 aliphatic carbocycles. The first-order valence-corrected chi connectivity index (χ1v) is 11.6. The lowest BCUT2D eigenvalue weighted by molar-refractivity contribution is -0.384. The molecule has 0 aliphatic rings. The summed E-state index contributed by atoms with van der Waals surface area (Å²) in [5.74, 6) is 0.426. The quantitative estimate of drug-likeness (QED) is 0.161. The Morgan fingerprint density at radius 2 is 2.11 bits per heavy atom. The number of nitro groups is 1. The molecule has 2 heterocycles. The fourth-order valence-corrected chi connectivity index (χ4v) is 4.44. The van der Waals surface area contributed by atoms with Gasteiger partial charge in [0.2, 0.25) is 0 Å². The number of thiazole rings is 1. The molecule has 2 aromatic carbocycles. The highest BCUT2D eigenvalue weighted by Gasteiger charge is 2.19. The fourth-order valence-electron chi connectivity index (χ4n) is 3.43. The Morgan fingerprint density at radius 3 is 2.86 bits per heavy atom. The number of amides is 1. The number of hydrogen-bond acceptors (Lipinski definition) is 7. The van der Waals surface area contributed by atoms with Gasteiger partial charge in [0.05, 0.1) is 22.6 Å². The van der Waals surface area contributed by atoms with E-state index in [0.29, 0.717) is 42.6 Å². The summed E-state index contributed by atoms with van der Waals surface area (Å²) in [6.45, 7) is 3.58. The summed E-state index contributed by atoms with van der Waals surface area (Å²) in [6, 6.07) is 11.9. The molecule has 0 aliphatic heterocycles. The van der Waals surface area contributed by atoms with Gasteiger partial charge in [0, 0.05) is 43.7 Å². The first-order valence-electron chi connectivity index (χ1n) is 10.8. The van der Waals surface area contributed by atoms with E-state index in [4.69, 9.17) is 9.72 Å². The van der Waals surface area contributed by atoms with Crippen LogP contribution in [0.2, 0.25) is 0 Å². The Morgan fingerprint density at radius 1 is 1.29 bits per heavy atom. The van der Waals surface area contributed by atoms with Gasteiger partial charge in [0.1, 0.15) is 11.3 Å². The number of aromatic nitrogens is 3. The molecule has 0 atom stereocenters. The van der Waals surface area contributed by atoms with Crippen molar-refractivity contribution >= 4 is 56.8 Å². The number of anilines is 1. The van der Waals surface area contributed by atoms with Crippen LogP contribution in [0.15, 0.2) is 67.3 Å². The summed E-state index contributed by atoms with van der Waals surface area (Å²) in [6.07, 6.45) is 9.03. The van der Waals surface area contributed by atoms with Crippen molar-refractivity contribution in [1.29, 1.82) is 0 Å². The molecule has 4 aromatic rings. The van der Waals surface area contributed by atoms with Gasteiger partial charge >= 0.3 is 0 Å². The number of non-ortho nitro benzene ring substituents is 1. The van der Waals surface area contributed by atoms with Gasteiger partial charge in [0.25, 0.3) is 11.6 Å². The molecule has 9 nitrogen and oxygen atoms in total. The van der Waals surface area contributed by atoms with Crippen LogP contribution in [0.25, 0.3) is 16.3 Å². The molecular formula is C24H24ClN5O4S. The smallest absolute Gasteiger partial charge is 0.270 e. The van der Waals surface area contributed by atoms with Gasteiger partial charge in [0.15, 0.2) is 5.13 Å². The topological polar surface area (TPSA) is 103 Å². The largest absolute Gasteiger partial charge is 0.492 e. The molecule has 0 saturated heterocycles. The zero-order valence-electron chi connectivity index (χ0n) is 18.9. The highest BCUT2D eigenvalue weighted by molar-refractivity contribution is 7.22. The monoisotopic (exact) mass is 513 g/mol.